The molecule has 3 atom stereocenters. The van der Waals surface area contributed by atoms with Crippen LogP contribution < -0.4 is 0 Å². The lowest BCUT2D eigenvalue weighted by atomic mass is 10.0. The summed E-state index contributed by atoms with van der Waals surface area (Å²) in [6, 6.07) is -0.142. The number of ether oxygens (including phenoxy) is 2. The Hall–Kier alpha value is -0.450. The van der Waals surface area contributed by atoms with Crippen molar-refractivity contribution < 1.29 is 14.6 Å². The van der Waals surface area contributed by atoms with Gasteiger partial charge >= 0.3 is 0 Å². The summed E-state index contributed by atoms with van der Waals surface area (Å²) in [6.45, 7) is 6.15. The standard InChI is InChI=1S/C16H29NO3/c1-4-5-6-7-8-9-10-12-14-15(13(11-18)17-12)20-16(2,3)19-14/h13-15,18H,4-11H2,1-3H3/t13-,14+,15-/m1/s1. The lowest BCUT2D eigenvalue weighted by molar-refractivity contribution is -0.146. The molecule has 0 aromatic heterocycles. The molecule has 0 amide bonds. The Bertz CT molecular complexity index is 341. The summed E-state index contributed by atoms with van der Waals surface area (Å²) in [7, 11) is 0. The lowest BCUT2D eigenvalue weighted by Crippen LogP contribution is -2.33. The van der Waals surface area contributed by atoms with E-state index in [1.165, 1.54) is 32.1 Å². The van der Waals surface area contributed by atoms with Gasteiger partial charge in [0.1, 0.15) is 18.2 Å². The molecule has 0 radical (unpaired) electrons. The van der Waals surface area contributed by atoms with Crippen LogP contribution in [0.15, 0.2) is 4.99 Å². The second-order valence-corrected chi connectivity index (χ2v) is 6.41. The molecule has 0 bridgehead atoms. The van der Waals surface area contributed by atoms with Gasteiger partial charge in [-0.05, 0) is 26.7 Å². The van der Waals surface area contributed by atoms with Gasteiger partial charge in [-0.1, -0.05) is 39.0 Å². The van der Waals surface area contributed by atoms with Crippen molar-refractivity contribution in [2.24, 2.45) is 4.99 Å². The Morgan fingerprint density at radius 2 is 1.80 bits per heavy atom. The van der Waals surface area contributed by atoms with E-state index in [0.717, 1.165) is 18.6 Å². The maximum absolute atomic E-state index is 9.43. The first kappa shape index (κ1) is 15.9. The number of hydrogen-bond acceptors (Lipinski definition) is 4. The van der Waals surface area contributed by atoms with E-state index < -0.39 is 5.79 Å². The van der Waals surface area contributed by atoms with Crippen LogP contribution in [-0.4, -0.2) is 41.5 Å². The molecule has 0 aliphatic carbocycles. The van der Waals surface area contributed by atoms with E-state index in [-0.39, 0.29) is 24.9 Å². The fraction of sp³-hybridized carbons (Fsp3) is 0.938. The lowest BCUT2D eigenvalue weighted by Gasteiger charge is -2.19. The molecule has 0 spiro atoms. The quantitative estimate of drug-likeness (QED) is 0.696. The summed E-state index contributed by atoms with van der Waals surface area (Å²) < 4.78 is 11.8. The van der Waals surface area contributed by atoms with Crippen molar-refractivity contribution in [3.63, 3.8) is 0 Å². The molecule has 2 aliphatic rings. The molecule has 4 heteroatoms. The van der Waals surface area contributed by atoms with Gasteiger partial charge in [0.05, 0.1) is 6.61 Å². The highest BCUT2D eigenvalue weighted by Gasteiger charge is 2.50. The normalized spacial score (nSPS) is 31.4. The van der Waals surface area contributed by atoms with Gasteiger partial charge in [-0.15, -0.1) is 0 Å². The summed E-state index contributed by atoms with van der Waals surface area (Å²) in [5, 5.41) is 9.43. The second-order valence-electron chi connectivity index (χ2n) is 6.41. The van der Waals surface area contributed by atoms with Crippen LogP contribution in [-0.2, 0) is 9.47 Å². The minimum atomic E-state index is -0.551. The van der Waals surface area contributed by atoms with Crippen LogP contribution in [0.2, 0.25) is 0 Å². The topological polar surface area (TPSA) is 51.1 Å². The van der Waals surface area contributed by atoms with Gasteiger partial charge in [0.2, 0.25) is 0 Å². The number of rotatable bonds is 8. The Morgan fingerprint density at radius 1 is 1.10 bits per heavy atom. The summed E-state index contributed by atoms with van der Waals surface area (Å²) >= 11 is 0. The van der Waals surface area contributed by atoms with Crippen molar-refractivity contribution >= 4 is 5.71 Å². The minimum Gasteiger partial charge on any atom is -0.394 e. The highest BCUT2D eigenvalue weighted by Crippen LogP contribution is 2.36. The van der Waals surface area contributed by atoms with Crippen molar-refractivity contribution in [3.05, 3.63) is 0 Å². The Morgan fingerprint density at radius 3 is 2.50 bits per heavy atom. The van der Waals surface area contributed by atoms with Crippen molar-refractivity contribution in [3.8, 4) is 0 Å². The third kappa shape index (κ3) is 3.80. The van der Waals surface area contributed by atoms with Gasteiger partial charge < -0.3 is 14.6 Å². The number of aliphatic imine (C=N–C) groups is 1. The van der Waals surface area contributed by atoms with E-state index in [1.807, 2.05) is 13.8 Å². The smallest absolute Gasteiger partial charge is 0.164 e. The van der Waals surface area contributed by atoms with Crippen molar-refractivity contribution in [2.75, 3.05) is 6.61 Å². The van der Waals surface area contributed by atoms with Gasteiger partial charge in [0, 0.05) is 5.71 Å². The van der Waals surface area contributed by atoms with Gasteiger partial charge in [0.15, 0.2) is 5.79 Å². The van der Waals surface area contributed by atoms with Crippen molar-refractivity contribution in [1.29, 1.82) is 0 Å². The number of aliphatic hydroxyl groups is 1. The number of unbranched alkanes of at least 4 members (excludes halogenated alkanes) is 5. The number of hydrogen-bond donors (Lipinski definition) is 1. The molecule has 0 saturated carbocycles. The Labute approximate surface area is 122 Å². The maximum Gasteiger partial charge on any atom is 0.164 e. The van der Waals surface area contributed by atoms with E-state index in [2.05, 4.69) is 11.9 Å². The molecule has 1 saturated heterocycles. The Kier molecular flexibility index (Phi) is 5.58. The molecule has 0 aromatic carbocycles. The van der Waals surface area contributed by atoms with Gasteiger partial charge in [-0.2, -0.15) is 0 Å². The molecule has 116 valence electrons. The first-order valence-corrected chi connectivity index (χ1v) is 8.10. The van der Waals surface area contributed by atoms with Crippen LogP contribution in [0.3, 0.4) is 0 Å². The number of fused-ring (bicyclic) bond motifs is 1. The highest BCUT2D eigenvalue weighted by atomic mass is 16.8. The van der Waals surface area contributed by atoms with E-state index in [0.29, 0.717) is 0 Å². The molecule has 4 nitrogen and oxygen atoms in total. The zero-order valence-corrected chi connectivity index (χ0v) is 13.1. The first-order valence-electron chi connectivity index (χ1n) is 8.10. The predicted octanol–water partition coefficient (Wildman–Crippen LogP) is 3.07. The SMILES string of the molecule is CCCCCCCCC1=N[C@H](CO)[C@H]2OC(C)(C)O[C@@H]12. The minimum absolute atomic E-state index is 0.0423. The highest BCUT2D eigenvalue weighted by molar-refractivity contribution is 5.91. The molecule has 1 fully saturated rings. The molecule has 2 aliphatic heterocycles. The Balaban J connectivity index is 1.79. The molecule has 2 rings (SSSR count). The molecule has 2 heterocycles. The molecular weight excluding hydrogens is 254 g/mol. The van der Waals surface area contributed by atoms with E-state index >= 15 is 0 Å². The monoisotopic (exact) mass is 283 g/mol. The molecule has 0 aromatic rings. The average molecular weight is 283 g/mol. The summed E-state index contributed by atoms with van der Waals surface area (Å²) in [6.07, 6.45) is 8.52. The van der Waals surface area contributed by atoms with Crippen molar-refractivity contribution in [1.82, 2.24) is 0 Å². The second kappa shape index (κ2) is 7.01. The van der Waals surface area contributed by atoms with Crippen LogP contribution in [0.1, 0.15) is 65.7 Å². The van der Waals surface area contributed by atoms with Gasteiger partial charge in [-0.25, -0.2) is 0 Å². The summed E-state index contributed by atoms with van der Waals surface area (Å²) in [5.74, 6) is -0.551. The van der Waals surface area contributed by atoms with Crippen LogP contribution in [0.4, 0.5) is 0 Å². The predicted molar refractivity (Wildman–Crippen MR) is 80.1 cm³/mol. The summed E-state index contributed by atoms with van der Waals surface area (Å²) in [5.41, 5.74) is 1.09. The van der Waals surface area contributed by atoms with Crippen LogP contribution in [0.5, 0.6) is 0 Å². The average Bonchev–Trinajstić information content (AvgIpc) is 2.87. The fourth-order valence-electron chi connectivity index (χ4n) is 3.13. The van der Waals surface area contributed by atoms with Gasteiger partial charge in [-0.3, -0.25) is 4.99 Å². The fourth-order valence-corrected chi connectivity index (χ4v) is 3.13. The summed E-state index contributed by atoms with van der Waals surface area (Å²) in [4.78, 5) is 4.61. The van der Waals surface area contributed by atoms with E-state index in [9.17, 15) is 5.11 Å². The maximum atomic E-state index is 9.43. The molecule has 20 heavy (non-hydrogen) atoms. The van der Waals surface area contributed by atoms with Crippen molar-refractivity contribution in [2.45, 2.75) is 89.8 Å². The molecular formula is C16H29NO3. The molecule has 0 unspecified atom stereocenters. The third-order valence-electron chi connectivity index (χ3n) is 4.14. The van der Waals surface area contributed by atoms with Crippen LogP contribution in [0, 0.1) is 0 Å². The number of nitrogens with zero attached hydrogens (tertiary/aromatic N) is 1. The largest absolute Gasteiger partial charge is 0.394 e. The zero-order valence-electron chi connectivity index (χ0n) is 13.1. The number of aliphatic hydroxyl groups excluding tert-OH is 1. The van der Waals surface area contributed by atoms with Crippen LogP contribution >= 0.6 is 0 Å². The van der Waals surface area contributed by atoms with Crippen LogP contribution in [0.25, 0.3) is 0 Å². The first-order chi connectivity index (χ1) is 9.57. The van der Waals surface area contributed by atoms with E-state index in [4.69, 9.17) is 9.47 Å². The molecule has 1 N–H and O–H groups in total. The zero-order chi connectivity index (χ0) is 14.6. The third-order valence-corrected chi connectivity index (χ3v) is 4.14. The van der Waals surface area contributed by atoms with Gasteiger partial charge in [0.25, 0.3) is 0 Å². The van der Waals surface area contributed by atoms with E-state index in [1.54, 1.807) is 0 Å².